The Kier molecular flexibility index (Phi) is 5.31. The number of H-pyrrole nitrogens is 1. The van der Waals surface area contributed by atoms with Crippen LogP contribution in [0.5, 0.6) is 0 Å². The molecule has 5 heteroatoms. The van der Waals surface area contributed by atoms with Gasteiger partial charge in [0.1, 0.15) is 0 Å². The molecule has 0 aromatic carbocycles. The van der Waals surface area contributed by atoms with E-state index in [1.807, 2.05) is 18.5 Å². The fourth-order valence-electron chi connectivity index (χ4n) is 3.99. The second kappa shape index (κ2) is 7.45. The van der Waals surface area contributed by atoms with Crippen LogP contribution in [0, 0.1) is 5.92 Å². The van der Waals surface area contributed by atoms with Gasteiger partial charge in [-0.2, -0.15) is 5.10 Å². The Balaban J connectivity index is 1.65. The van der Waals surface area contributed by atoms with E-state index in [1.54, 1.807) is 6.20 Å². The van der Waals surface area contributed by atoms with Gasteiger partial charge in [-0.15, -0.1) is 0 Å². The van der Waals surface area contributed by atoms with Gasteiger partial charge in [-0.1, -0.05) is 19.8 Å². The fourth-order valence-corrected chi connectivity index (χ4v) is 3.99. The second-order valence-electron chi connectivity index (χ2n) is 7.44. The Morgan fingerprint density at radius 3 is 2.96 bits per heavy atom. The Hall–Kier alpha value is -1.72. The Labute approximate surface area is 144 Å². The number of hydrogen-bond acceptors (Lipinski definition) is 4. The van der Waals surface area contributed by atoms with E-state index in [-0.39, 0.29) is 5.54 Å². The van der Waals surface area contributed by atoms with Gasteiger partial charge in [-0.05, 0) is 45.0 Å². The van der Waals surface area contributed by atoms with Crippen molar-refractivity contribution in [2.75, 3.05) is 20.6 Å². The topological polar surface area (TPSA) is 56.8 Å². The van der Waals surface area contributed by atoms with Gasteiger partial charge in [0.2, 0.25) is 0 Å². The number of pyridine rings is 1. The molecule has 0 aliphatic heterocycles. The van der Waals surface area contributed by atoms with Gasteiger partial charge in [-0.3, -0.25) is 10.1 Å². The average Bonchev–Trinajstić information content (AvgIpc) is 3.04. The Morgan fingerprint density at radius 1 is 1.38 bits per heavy atom. The number of aromatic nitrogens is 3. The first-order valence-corrected chi connectivity index (χ1v) is 8.91. The van der Waals surface area contributed by atoms with E-state index in [4.69, 9.17) is 0 Å². The van der Waals surface area contributed by atoms with Gasteiger partial charge in [-0.25, -0.2) is 0 Å². The summed E-state index contributed by atoms with van der Waals surface area (Å²) in [5.74, 6) is 0.808. The van der Waals surface area contributed by atoms with E-state index < -0.39 is 0 Å². The number of hydrogen-bond donors (Lipinski definition) is 2. The van der Waals surface area contributed by atoms with Crippen molar-refractivity contribution in [2.45, 2.75) is 44.7 Å². The molecule has 24 heavy (non-hydrogen) atoms. The Morgan fingerprint density at radius 2 is 2.25 bits per heavy atom. The van der Waals surface area contributed by atoms with Gasteiger partial charge >= 0.3 is 0 Å². The molecule has 2 atom stereocenters. The summed E-state index contributed by atoms with van der Waals surface area (Å²) >= 11 is 0. The molecule has 2 aromatic heterocycles. The van der Waals surface area contributed by atoms with Crippen molar-refractivity contribution >= 4 is 0 Å². The lowest BCUT2D eigenvalue weighted by Gasteiger charge is -2.45. The predicted octanol–water partition coefficient (Wildman–Crippen LogP) is 3.07. The highest BCUT2D eigenvalue weighted by Gasteiger charge is 2.36. The average molecular weight is 327 g/mol. The maximum Gasteiger partial charge on any atom is 0.0710 e. The standard InChI is InChI=1S/C19H29N5/c1-15-6-4-8-19(10-15,24(2)3)14-21-12-17-13-22-23-18(17)16-7-5-9-20-11-16/h5,7,9,11,13,15,21H,4,6,8,10,12,14H2,1-3H3,(H,22,23). The van der Waals surface area contributed by atoms with E-state index >= 15 is 0 Å². The minimum Gasteiger partial charge on any atom is -0.311 e. The number of rotatable bonds is 6. The predicted molar refractivity (Wildman–Crippen MR) is 97.6 cm³/mol. The molecule has 0 bridgehead atoms. The summed E-state index contributed by atoms with van der Waals surface area (Å²) in [5.41, 5.74) is 3.61. The zero-order valence-corrected chi connectivity index (χ0v) is 15.0. The van der Waals surface area contributed by atoms with E-state index in [0.29, 0.717) is 0 Å². The summed E-state index contributed by atoms with van der Waals surface area (Å²) in [7, 11) is 4.44. The molecule has 2 aromatic rings. The van der Waals surface area contributed by atoms with Crippen LogP contribution in [0.1, 0.15) is 38.2 Å². The van der Waals surface area contributed by atoms with Crippen LogP contribution in [0.3, 0.4) is 0 Å². The summed E-state index contributed by atoms with van der Waals surface area (Å²) in [6, 6.07) is 4.02. The second-order valence-corrected chi connectivity index (χ2v) is 7.44. The number of likely N-dealkylation sites (N-methyl/N-ethyl adjacent to an activating group) is 1. The van der Waals surface area contributed by atoms with Crippen molar-refractivity contribution in [3.8, 4) is 11.3 Å². The molecule has 2 unspecified atom stereocenters. The summed E-state index contributed by atoms with van der Waals surface area (Å²) in [4.78, 5) is 6.63. The zero-order valence-electron chi connectivity index (χ0n) is 15.0. The van der Waals surface area contributed by atoms with Crippen LogP contribution < -0.4 is 5.32 Å². The molecule has 1 aliphatic rings. The van der Waals surface area contributed by atoms with Gasteiger partial charge in [0.15, 0.2) is 0 Å². The molecule has 2 N–H and O–H groups in total. The number of nitrogens with one attached hydrogen (secondary N) is 2. The fraction of sp³-hybridized carbons (Fsp3) is 0.579. The quantitative estimate of drug-likeness (QED) is 0.856. The molecule has 0 saturated heterocycles. The molecule has 0 amide bonds. The normalized spacial score (nSPS) is 24.4. The third-order valence-electron chi connectivity index (χ3n) is 5.45. The summed E-state index contributed by atoms with van der Waals surface area (Å²) in [6.45, 7) is 4.22. The van der Waals surface area contributed by atoms with Crippen molar-refractivity contribution in [1.29, 1.82) is 0 Å². The van der Waals surface area contributed by atoms with Crippen molar-refractivity contribution in [2.24, 2.45) is 5.92 Å². The molecule has 5 nitrogen and oxygen atoms in total. The summed E-state index contributed by atoms with van der Waals surface area (Å²) in [5, 5.41) is 11.0. The minimum atomic E-state index is 0.274. The summed E-state index contributed by atoms with van der Waals surface area (Å²) in [6.07, 6.45) is 10.8. The highest BCUT2D eigenvalue weighted by Crippen LogP contribution is 2.35. The van der Waals surface area contributed by atoms with Crippen LogP contribution in [0.4, 0.5) is 0 Å². The van der Waals surface area contributed by atoms with Gasteiger partial charge in [0.25, 0.3) is 0 Å². The molecule has 1 saturated carbocycles. The van der Waals surface area contributed by atoms with Crippen molar-refractivity contribution in [1.82, 2.24) is 25.4 Å². The number of nitrogens with zero attached hydrogens (tertiary/aromatic N) is 3. The maximum atomic E-state index is 4.23. The molecule has 1 fully saturated rings. The lowest BCUT2D eigenvalue weighted by atomic mass is 9.75. The first-order valence-electron chi connectivity index (χ1n) is 8.91. The van der Waals surface area contributed by atoms with Crippen LogP contribution in [0.2, 0.25) is 0 Å². The van der Waals surface area contributed by atoms with Crippen LogP contribution in [-0.4, -0.2) is 46.3 Å². The lowest BCUT2D eigenvalue weighted by Crippen LogP contribution is -2.54. The molecular weight excluding hydrogens is 298 g/mol. The third kappa shape index (κ3) is 3.68. The van der Waals surface area contributed by atoms with Crippen LogP contribution in [0.15, 0.2) is 30.7 Å². The molecular formula is C19H29N5. The minimum absolute atomic E-state index is 0.274. The van der Waals surface area contributed by atoms with Crippen LogP contribution in [0.25, 0.3) is 11.3 Å². The first kappa shape index (κ1) is 17.1. The molecule has 130 valence electrons. The third-order valence-corrected chi connectivity index (χ3v) is 5.45. The van der Waals surface area contributed by atoms with E-state index in [1.165, 1.54) is 31.2 Å². The molecule has 1 aliphatic carbocycles. The van der Waals surface area contributed by atoms with Crippen molar-refractivity contribution in [3.63, 3.8) is 0 Å². The highest BCUT2D eigenvalue weighted by molar-refractivity contribution is 5.61. The lowest BCUT2D eigenvalue weighted by molar-refractivity contribution is 0.0750. The molecule has 2 heterocycles. The molecule has 3 rings (SSSR count). The number of aromatic amines is 1. The van der Waals surface area contributed by atoms with Gasteiger partial charge in [0, 0.05) is 42.1 Å². The van der Waals surface area contributed by atoms with Crippen molar-refractivity contribution in [3.05, 3.63) is 36.3 Å². The van der Waals surface area contributed by atoms with Crippen LogP contribution >= 0.6 is 0 Å². The highest BCUT2D eigenvalue weighted by atomic mass is 15.2. The zero-order chi connectivity index (χ0) is 17.0. The molecule has 0 spiro atoms. The largest absolute Gasteiger partial charge is 0.311 e. The Bertz CT molecular complexity index is 636. The summed E-state index contributed by atoms with van der Waals surface area (Å²) < 4.78 is 0. The van der Waals surface area contributed by atoms with Gasteiger partial charge < -0.3 is 10.2 Å². The first-order chi connectivity index (χ1) is 11.6. The van der Waals surface area contributed by atoms with Crippen molar-refractivity contribution < 1.29 is 0 Å². The van der Waals surface area contributed by atoms with E-state index in [9.17, 15) is 0 Å². The van der Waals surface area contributed by atoms with E-state index in [0.717, 1.165) is 30.3 Å². The van der Waals surface area contributed by atoms with Crippen LogP contribution in [-0.2, 0) is 6.54 Å². The SMILES string of the molecule is CC1CCCC(CNCc2cn[nH]c2-c2cccnc2)(N(C)C)C1. The monoisotopic (exact) mass is 327 g/mol. The molecule has 0 radical (unpaired) electrons. The maximum absolute atomic E-state index is 4.23. The van der Waals surface area contributed by atoms with Gasteiger partial charge in [0.05, 0.1) is 11.9 Å². The van der Waals surface area contributed by atoms with E-state index in [2.05, 4.69) is 52.5 Å². The smallest absolute Gasteiger partial charge is 0.0710 e.